The fraction of sp³-hybridized carbons (Fsp3) is 0.179. The molecule has 0 aliphatic heterocycles. The third kappa shape index (κ3) is 2.60. The summed E-state index contributed by atoms with van der Waals surface area (Å²) >= 11 is 0. The van der Waals surface area contributed by atoms with Gasteiger partial charge in [-0.25, -0.2) is 4.79 Å². The van der Waals surface area contributed by atoms with Gasteiger partial charge in [-0.3, -0.25) is 0 Å². The van der Waals surface area contributed by atoms with Gasteiger partial charge in [0.15, 0.2) is 0 Å². The summed E-state index contributed by atoms with van der Waals surface area (Å²) in [6.07, 6.45) is 0. The predicted octanol–water partition coefficient (Wildman–Crippen LogP) is 7.60. The monoisotopic (exact) mass is 392 g/mol. The summed E-state index contributed by atoms with van der Waals surface area (Å²) < 4.78 is 5.57. The lowest BCUT2D eigenvalue weighted by molar-refractivity contribution is 0.0531. The van der Waals surface area contributed by atoms with Gasteiger partial charge in [0.25, 0.3) is 0 Å². The fourth-order valence-corrected chi connectivity index (χ4v) is 4.90. The lowest BCUT2D eigenvalue weighted by Crippen LogP contribution is -2.08. The quantitative estimate of drug-likeness (QED) is 0.179. The van der Waals surface area contributed by atoms with Crippen LogP contribution < -0.4 is 0 Å². The maximum atomic E-state index is 13.3. The average molecular weight is 392 g/mol. The smallest absolute Gasteiger partial charge is 0.339 e. The molecular formula is C28H24O2. The standard InChI is InChI=1S/C28H24O2/c1-4-30-28(29)27-23-16-10-9-15-22(23)24(17(2)3)25-20-13-7-5-11-18(20)19-12-6-8-14-21(19)26(25)27/h5-17H,4H2,1-3H3. The van der Waals surface area contributed by atoms with E-state index in [-0.39, 0.29) is 5.97 Å². The van der Waals surface area contributed by atoms with Crippen LogP contribution in [0.15, 0.2) is 72.8 Å². The predicted molar refractivity (Wildman–Crippen MR) is 127 cm³/mol. The normalized spacial score (nSPS) is 11.7. The highest BCUT2D eigenvalue weighted by atomic mass is 16.5. The molecule has 5 aromatic rings. The molecule has 0 saturated carbocycles. The number of ether oxygens (including phenoxy) is 1. The van der Waals surface area contributed by atoms with Gasteiger partial charge < -0.3 is 4.74 Å². The molecule has 0 aliphatic rings. The van der Waals surface area contributed by atoms with E-state index in [1.807, 2.05) is 13.0 Å². The van der Waals surface area contributed by atoms with Gasteiger partial charge in [-0.1, -0.05) is 86.6 Å². The number of rotatable bonds is 3. The molecule has 0 N–H and O–H groups in total. The Morgan fingerprint density at radius 2 is 1.17 bits per heavy atom. The van der Waals surface area contributed by atoms with Gasteiger partial charge in [-0.15, -0.1) is 0 Å². The summed E-state index contributed by atoms with van der Waals surface area (Å²) in [5.41, 5.74) is 1.96. The van der Waals surface area contributed by atoms with E-state index in [2.05, 4.69) is 80.6 Å². The summed E-state index contributed by atoms with van der Waals surface area (Å²) in [5, 5.41) is 8.93. The molecule has 148 valence electrons. The first-order valence-corrected chi connectivity index (χ1v) is 10.6. The molecule has 2 nitrogen and oxygen atoms in total. The van der Waals surface area contributed by atoms with E-state index in [0.29, 0.717) is 18.1 Å². The SMILES string of the molecule is CCOC(=O)c1c2ccccc2c(C(C)C)c2c3ccccc3c3ccccc3c12. The Bertz CT molecular complexity index is 1440. The zero-order valence-corrected chi connectivity index (χ0v) is 17.5. The molecule has 0 bridgehead atoms. The third-order valence-electron chi connectivity index (χ3n) is 6.00. The van der Waals surface area contributed by atoms with E-state index >= 15 is 0 Å². The van der Waals surface area contributed by atoms with Crippen molar-refractivity contribution in [2.24, 2.45) is 0 Å². The van der Waals surface area contributed by atoms with Gasteiger partial charge in [-0.05, 0) is 56.1 Å². The fourth-order valence-electron chi connectivity index (χ4n) is 4.90. The number of benzene rings is 5. The largest absolute Gasteiger partial charge is 0.462 e. The molecule has 2 heteroatoms. The molecule has 5 rings (SSSR count). The van der Waals surface area contributed by atoms with Gasteiger partial charge in [0.1, 0.15) is 0 Å². The Morgan fingerprint density at radius 1 is 0.700 bits per heavy atom. The minimum absolute atomic E-state index is 0.255. The van der Waals surface area contributed by atoms with Crippen molar-refractivity contribution in [2.45, 2.75) is 26.7 Å². The summed E-state index contributed by atoms with van der Waals surface area (Å²) in [6.45, 7) is 6.68. The number of carbonyl (C=O) groups excluding carboxylic acids is 1. The second kappa shape index (κ2) is 7.14. The highest BCUT2D eigenvalue weighted by Gasteiger charge is 2.24. The Labute approximate surface area is 176 Å². The number of carbonyl (C=O) groups is 1. The summed E-state index contributed by atoms with van der Waals surface area (Å²) in [6, 6.07) is 25.2. The zero-order chi connectivity index (χ0) is 20.8. The van der Waals surface area contributed by atoms with Crippen molar-refractivity contribution in [3.05, 3.63) is 83.9 Å². The second-order valence-corrected chi connectivity index (χ2v) is 8.05. The van der Waals surface area contributed by atoms with Crippen molar-refractivity contribution in [2.75, 3.05) is 6.61 Å². The number of fused-ring (bicyclic) bond motifs is 7. The van der Waals surface area contributed by atoms with Crippen LogP contribution in [0.25, 0.3) is 43.1 Å². The average Bonchev–Trinajstić information content (AvgIpc) is 2.77. The minimum atomic E-state index is -0.255. The van der Waals surface area contributed by atoms with Crippen LogP contribution in [0, 0.1) is 0 Å². The second-order valence-electron chi connectivity index (χ2n) is 8.05. The zero-order valence-electron chi connectivity index (χ0n) is 17.5. The van der Waals surface area contributed by atoms with E-state index in [9.17, 15) is 4.79 Å². The van der Waals surface area contributed by atoms with Crippen molar-refractivity contribution in [1.82, 2.24) is 0 Å². The molecule has 0 spiro atoms. The van der Waals surface area contributed by atoms with Crippen molar-refractivity contribution in [1.29, 1.82) is 0 Å². The molecule has 5 aromatic carbocycles. The van der Waals surface area contributed by atoms with E-state index in [1.54, 1.807) is 0 Å². The molecule has 0 fully saturated rings. The summed E-state index contributed by atoms with van der Waals surface area (Å²) in [5.74, 6) is 0.0488. The first kappa shape index (κ1) is 18.6. The first-order chi connectivity index (χ1) is 14.6. The Kier molecular flexibility index (Phi) is 4.43. The van der Waals surface area contributed by atoms with Crippen LogP contribution in [0.1, 0.15) is 42.6 Å². The minimum Gasteiger partial charge on any atom is -0.462 e. The third-order valence-corrected chi connectivity index (χ3v) is 6.00. The first-order valence-electron chi connectivity index (χ1n) is 10.6. The molecule has 0 radical (unpaired) electrons. The molecule has 0 heterocycles. The lowest BCUT2D eigenvalue weighted by atomic mass is 9.82. The van der Waals surface area contributed by atoms with Crippen LogP contribution in [-0.4, -0.2) is 12.6 Å². The molecule has 0 unspecified atom stereocenters. The van der Waals surface area contributed by atoms with Crippen LogP contribution in [-0.2, 0) is 4.74 Å². The molecule has 0 aliphatic carbocycles. The highest BCUT2D eigenvalue weighted by Crippen LogP contribution is 2.44. The van der Waals surface area contributed by atoms with Crippen LogP contribution in [0.2, 0.25) is 0 Å². The van der Waals surface area contributed by atoms with Crippen LogP contribution >= 0.6 is 0 Å². The topological polar surface area (TPSA) is 26.3 Å². The number of esters is 1. The van der Waals surface area contributed by atoms with Crippen LogP contribution in [0.3, 0.4) is 0 Å². The molecule has 30 heavy (non-hydrogen) atoms. The molecule has 0 amide bonds. The molecule has 0 aromatic heterocycles. The van der Waals surface area contributed by atoms with Gasteiger partial charge in [-0.2, -0.15) is 0 Å². The van der Waals surface area contributed by atoms with Crippen LogP contribution in [0.4, 0.5) is 0 Å². The van der Waals surface area contributed by atoms with E-state index in [4.69, 9.17) is 4.74 Å². The van der Waals surface area contributed by atoms with Crippen molar-refractivity contribution >= 4 is 49.1 Å². The maximum Gasteiger partial charge on any atom is 0.339 e. The van der Waals surface area contributed by atoms with Gasteiger partial charge in [0, 0.05) is 5.39 Å². The number of hydrogen-bond donors (Lipinski definition) is 0. The van der Waals surface area contributed by atoms with Crippen LogP contribution in [0.5, 0.6) is 0 Å². The van der Waals surface area contributed by atoms with Crippen molar-refractivity contribution in [3.8, 4) is 0 Å². The van der Waals surface area contributed by atoms with E-state index < -0.39 is 0 Å². The van der Waals surface area contributed by atoms with Crippen molar-refractivity contribution in [3.63, 3.8) is 0 Å². The summed E-state index contributed by atoms with van der Waals surface area (Å²) in [4.78, 5) is 13.3. The van der Waals surface area contributed by atoms with E-state index in [1.165, 1.54) is 21.7 Å². The van der Waals surface area contributed by atoms with Crippen molar-refractivity contribution < 1.29 is 9.53 Å². The Morgan fingerprint density at radius 3 is 1.70 bits per heavy atom. The van der Waals surface area contributed by atoms with Gasteiger partial charge in [0.2, 0.25) is 0 Å². The number of hydrogen-bond acceptors (Lipinski definition) is 2. The highest BCUT2D eigenvalue weighted by molar-refractivity contribution is 6.33. The van der Waals surface area contributed by atoms with Gasteiger partial charge in [0.05, 0.1) is 12.2 Å². The molecule has 0 atom stereocenters. The molecular weight excluding hydrogens is 368 g/mol. The summed E-state index contributed by atoms with van der Waals surface area (Å²) in [7, 11) is 0. The molecule has 0 saturated heterocycles. The van der Waals surface area contributed by atoms with Gasteiger partial charge >= 0.3 is 5.97 Å². The Hall–Kier alpha value is -3.39. The Balaban J connectivity index is 2.21. The lowest BCUT2D eigenvalue weighted by Gasteiger charge is -2.21. The maximum absolute atomic E-state index is 13.3. The van der Waals surface area contributed by atoms with E-state index in [0.717, 1.165) is 26.9 Å².